The molecule has 0 saturated carbocycles. The third-order valence-electron chi connectivity index (χ3n) is 2.88. The summed E-state index contributed by atoms with van der Waals surface area (Å²) in [6.07, 6.45) is 4.74. The number of aliphatic hydroxyl groups excluding tert-OH is 2. The Morgan fingerprint density at radius 1 is 0.600 bits per heavy atom. The van der Waals surface area contributed by atoms with E-state index in [4.69, 9.17) is 30.6 Å². The Labute approximate surface area is 156 Å². The van der Waals surface area contributed by atoms with E-state index < -0.39 is 0 Å². The first-order valence-electron chi connectivity index (χ1n) is 7.13. The molecular formula is C18H20FeO6. The van der Waals surface area contributed by atoms with Gasteiger partial charge in [0, 0.05) is 23.5 Å². The molecule has 7 heteroatoms. The summed E-state index contributed by atoms with van der Waals surface area (Å²) in [7, 11) is 0. The third kappa shape index (κ3) is 8.60. The molecule has 25 heavy (non-hydrogen) atoms. The van der Waals surface area contributed by atoms with Gasteiger partial charge in [-0.1, -0.05) is 30.3 Å². The third-order valence-corrected chi connectivity index (χ3v) is 2.88. The largest absolute Gasteiger partial charge is 0.508 e. The number of allylic oxidation sites excluding steroid dienone is 3. The van der Waals surface area contributed by atoms with Crippen molar-refractivity contribution < 1.29 is 47.7 Å². The van der Waals surface area contributed by atoms with E-state index in [9.17, 15) is 0 Å². The van der Waals surface area contributed by atoms with E-state index in [0.717, 1.165) is 6.42 Å². The van der Waals surface area contributed by atoms with Crippen molar-refractivity contribution >= 4 is 0 Å². The molecule has 6 N–H and O–H groups in total. The summed E-state index contributed by atoms with van der Waals surface area (Å²) in [6, 6.07) is 12.3. The summed E-state index contributed by atoms with van der Waals surface area (Å²) in [6.45, 7) is 0. The van der Waals surface area contributed by atoms with Crippen molar-refractivity contribution in [1.82, 2.24) is 0 Å². The molecule has 0 radical (unpaired) electrons. The molecular weight excluding hydrogens is 368 g/mol. The van der Waals surface area contributed by atoms with Gasteiger partial charge in [-0.15, -0.1) is 0 Å². The zero-order chi connectivity index (χ0) is 17.9. The summed E-state index contributed by atoms with van der Waals surface area (Å²) in [5.41, 5.74) is 0. The Bertz CT molecular complexity index is 627. The Hall–Kier alpha value is -2.76. The van der Waals surface area contributed by atoms with Gasteiger partial charge < -0.3 is 30.6 Å². The van der Waals surface area contributed by atoms with Crippen LogP contribution in [0.5, 0.6) is 23.0 Å². The Morgan fingerprint density at radius 2 is 0.960 bits per heavy atom. The zero-order valence-corrected chi connectivity index (χ0v) is 14.3. The average Bonchev–Trinajstić information content (AvgIpc) is 2.57. The van der Waals surface area contributed by atoms with Gasteiger partial charge in [0.15, 0.2) is 28.8 Å². The van der Waals surface area contributed by atoms with E-state index in [1.54, 1.807) is 24.3 Å². The average molecular weight is 388 g/mol. The predicted molar refractivity (Wildman–Crippen MR) is 90.2 cm³/mol. The summed E-state index contributed by atoms with van der Waals surface area (Å²) in [5, 5.41) is 52.2. The molecule has 0 unspecified atom stereocenters. The predicted octanol–water partition coefficient (Wildman–Crippen LogP) is 3.86. The second-order valence-corrected chi connectivity index (χ2v) is 4.75. The Kier molecular flexibility index (Phi) is 10.4. The van der Waals surface area contributed by atoms with E-state index in [0.29, 0.717) is 6.42 Å². The molecule has 6 nitrogen and oxygen atoms in total. The minimum atomic E-state index is -0.0764. The molecule has 3 rings (SSSR count). The number of rotatable bonds is 0. The summed E-state index contributed by atoms with van der Waals surface area (Å²) in [4.78, 5) is 0. The number of phenols is 4. The SMILES string of the molecule is OC1=C(O)CCC=C1.Oc1ccccc1O.Oc1ccccc1O.[Fe]. The smallest absolute Gasteiger partial charge is 0.157 e. The summed E-state index contributed by atoms with van der Waals surface area (Å²) < 4.78 is 0. The Balaban J connectivity index is 0.000000339. The molecule has 1 aliphatic carbocycles. The Morgan fingerprint density at radius 3 is 1.16 bits per heavy atom. The van der Waals surface area contributed by atoms with Crippen LogP contribution >= 0.6 is 0 Å². The second-order valence-electron chi connectivity index (χ2n) is 4.75. The molecule has 0 amide bonds. The number of hydrogen-bond donors (Lipinski definition) is 6. The van der Waals surface area contributed by atoms with Crippen molar-refractivity contribution in [2.75, 3.05) is 0 Å². The van der Waals surface area contributed by atoms with Crippen molar-refractivity contribution in [1.29, 1.82) is 0 Å². The van der Waals surface area contributed by atoms with Crippen LogP contribution in [0.4, 0.5) is 0 Å². The number of aromatic hydroxyl groups is 4. The fourth-order valence-electron chi connectivity index (χ4n) is 1.57. The number of benzene rings is 2. The van der Waals surface area contributed by atoms with Gasteiger partial charge in [-0.25, -0.2) is 0 Å². The maximum atomic E-state index is 8.76. The van der Waals surface area contributed by atoms with E-state index in [2.05, 4.69) is 0 Å². The molecule has 2 aromatic carbocycles. The first-order chi connectivity index (χ1) is 11.4. The van der Waals surface area contributed by atoms with Gasteiger partial charge in [0.05, 0.1) is 0 Å². The topological polar surface area (TPSA) is 121 Å². The second kappa shape index (κ2) is 11.7. The molecule has 1 aliphatic rings. The van der Waals surface area contributed by atoms with E-state index in [1.807, 2.05) is 6.08 Å². The first kappa shape index (κ1) is 22.2. The van der Waals surface area contributed by atoms with Gasteiger partial charge in [0.2, 0.25) is 0 Å². The van der Waals surface area contributed by atoms with Crippen LogP contribution in [-0.4, -0.2) is 30.6 Å². The molecule has 0 aromatic heterocycles. The molecule has 0 bridgehead atoms. The molecule has 2 aromatic rings. The number of aliphatic hydroxyl groups is 2. The molecule has 0 heterocycles. The van der Waals surface area contributed by atoms with Gasteiger partial charge in [-0.3, -0.25) is 0 Å². The standard InChI is InChI=1S/C6H8O2.2C6H6O2.Fe/c3*7-5-3-1-2-4-6(5)8;/h1,3,7-8H,2,4H2;2*1-4,7-8H;. The number of phenolic OH excluding ortho intramolecular Hbond substituents is 4. The van der Waals surface area contributed by atoms with Crippen LogP contribution in [0.3, 0.4) is 0 Å². The van der Waals surface area contributed by atoms with Gasteiger partial charge in [-0.2, -0.15) is 0 Å². The first-order valence-corrected chi connectivity index (χ1v) is 7.13. The van der Waals surface area contributed by atoms with Crippen LogP contribution in [0.2, 0.25) is 0 Å². The summed E-state index contributed by atoms with van der Waals surface area (Å²) in [5.74, 6) is -0.191. The van der Waals surface area contributed by atoms with Crippen LogP contribution in [-0.2, 0) is 17.1 Å². The van der Waals surface area contributed by atoms with Crippen molar-refractivity contribution in [2.45, 2.75) is 12.8 Å². The van der Waals surface area contributed by atoms with Crippen LogP contribution < -0.4 is 0 Å². The molecule has 0 fully saturated rings. The maximum absolute atomic E-state index is 8.76. The van der Waals surface area contributed by atoms with Crippen LogP contribution in [0.15, 0.2) is 72.2 Å². The minimum absolute atomic E-state index is 0. The summed E-state index contributed by atoms with van der Waals surface area (Å²) >= 11 is 0. The van der Waals surface area contributed by atoms with Gasteiger partial charge in [0.1, 0.15) is 5.76 Å². The van der Waals surface area contributed by atoms with Crippen molar-refractivity contribution in [3.63, 3.8) is 0 Å². The van der Waals surface area contributed by atoms with Crippen molar-refractivity contribution in [2.24, 2.45) is 0 Å². The molecule has 0 atom stereocenters. The van der Waals surface area contributed by atoms with E-state index in [1.165, 1.54) is 30.3 Å². The van der Waals surface area contributed by atoms with Crippen LogP contribution in [0, 0.1) is 0 Å². The van der Waals surface area contributed by atoms with E-state index >= 15 is 0 Å². The normalized spacial score (nSPS) is 12.0. The molecule has 0 aliphatic heterocycles. The molecule has 0 saturated heterocycles. The molecule has 0 spiro atoms. The van der Waals surface area contributed by atoms with E-state index in [-0.39, 0.29) is 51.6 Å². The van der Waals surface area contributed by atoms with Crippen molar-refractivity contribution in [3.8, 4) is 23.0 Å². The molecule has 136 valence electrons. The number of para-hydroxylation sites is 4. The zero-order valence-electron chi connectivity index (χ0n) is 13.2. The quantitative estimate of drug-likeness (QED) is 0.301. The maximum Gasteiger partial charge on any atom is 0.157 e. The van der Waals surface area contributed by atoms with Gasteiger partial charge in [0.25, 0.3) is 0 Å². The van der Waals surface area contributed by atoms with Crippen LogP contribution in [0.1, 0.15) is 12.8 Å². The number of hydrogen-bond acceptors (Lipinski definition) is 6. The van der Waals surface area contributed by atoms with Gasteiger partial charge in [-0.05, 0) is 36.8 Å². The van der Waals surface area contributed by atoms with Crippen molar-refractivity contribution in [3.05, 3.63) is 72.2 Å². The minimum Gasteiger partial charge on any atom is -0.508 e. The van der Waals surface area contributed by atoms with Crippen LogP contribution in [0.25, 0.3) is 0 Å². The fourth-order valence-corrected chi connectivity index (χ4v) is 1.57. The van der Waals surface area contributed by atoms with Gasteiger partial charge >= 0.3 is 0 Å². The fraction of sp³-hybridized carbons (Fsp3) is 0.111. The monoisotopic (exact) mass is 388 g/mol.